The number of rotatable bonds is 10. The summed E-state index contributed by atoms with van der Waals surface area (Å²) in [6.07, 6.45) is 8.59. The summed E-state index contributed by atoms with van der Waals surface area (Å²) < 4.78 is 0. The van der Waals surface area contributed by atoms with Crippen molar-refractivity contribution in [1.82, 2.24) is 15.6 Å². The molecule has 0 aliphatic carbocycles. The summed E-state index contributed by atoms with van der Waals surface area (Å²) in [5, 5.41) is 10.1. The smallest absolute Gasteiger partial charge is 0.191 e. The molecule has 0 amide bonds. The number of anilines is 1. The van der Waals surface area contributed by atoms with Crippen LogP contribution in [0.15, 0.2) is 10.4 Å². The van der Waals surface area contributed by atoms with Crippen molar-refractivity contribution < 1.29 is 0 Å². The van der Waals surface area contributed by atoms with Crippen LogP contribution >= 0.6 is 35.3 Å². The molecule has 0 bridgehead atoms. The Morgan fingerprint density at radius 2 is 2.00 bits per heavy atom. The number of aliphatic imine (C=N–C) groups is 1. The van der Waals surface area contributed by atoms with Crippen molar-refractivity contribution in [2.24, 2.45) is 4.99 Å². The number of nitrogens with zero attached hydrogens (tertiary/aromatic N) is 3. The van der Waals surface area contributed by atoms with E-state index in [9.17, 15) is 0 Å². The van der Waals surface area contributed by atoms with E-state index in [1.54, 1.807) is 11.3 Å². The highest BCUT2D eigenvalue weighted by Crippen LogP contribution is 2.24. The van der Waals surface area contributed by atoms with Crippen LogP contribution in [-0.2, 0) is 6.42 Å². The highest BCUT2D eigenvalue weighted by molar-refractivity contribution is 14.0. The summed E-state index contributed by atoms with van der Waals surface area (Å²) in [7, 11) is 0. The molecule has 0 saturated carbocycles. The van der Waals surface area contributed by atoms with Crippen LogP contribution < -0.4 is 15.5 Å². The zero-order chi connectivity index (χ0) is 17.0. The van der Waals surface area contributed by atoms with E-state index in [-0.39, 0.29) is 24.0 Å². The number of aromatic nitrogens is 1. The molecule has 1 aromatic rings. The molecule has 2 N–H and O–H groups in total. The Morgan fingerprint density at radius 1 is 1.20 bits per heavy atom. The van der Waals surface area contributed by atoms with Gasteiger partial charge in [0.05, 0.1) is 5.69 Å². The van der Waals surface area contributed by atoms with Crippen molar-refractivity contribution in [3.05, 3.63) is 11.1 Å². The molecule has 144 valence electrons. The Bertz CT molecular complexity index is 486. The molecule has 0 unspecified atom stereocenters. The molecule has 1 saturated heterocycles. The molecule has 1 fully saturated rings. The number of thiazole rings is 1. The number of unbranched alkanes of at least 4 members (excludes halogenated alkanes) is 3. The molecule has 2 heterocycles. The van der Waals surface area contributed by atoms with Gasteiger partial charge < -0.3 is 15.5 Å². The maximum absolute atomic E-state index is 4.78. The van der Waals surface area contributed by atoms with Crippen LogP contribution in [0.2, 0.25) is 0 Å². The summed E-state index contributed by atoms with van der Waals surface area (Å²) in [6.45, 7) is 9.37. The number of hydrogen-bond donors (Lipinski definition) is 2. The van der Waals surface area contributed by atoms with E-state index in [2.05, 4.69) is 39.8 Å². The van der Waals surface area contributed by atoms with Gasteiger partial charge in [0.1, 0.15) is 0 Å². The van der Waals surface area contributed by atoms with Gasteiger partial charge in [-0.05, 0) is 26.2 Å². The number of guanidine groups is 1. The van der Waals surface area contributed by atoms with Crippen LogP contribution in [-0.4, -0.2) is 43.7 Å². The average Bonchev–Trinajstić information content (AvgIpc) is 3.26. The Hall–Kier alpha value is -0.570. The molecule has 5 nitrogen and oxygen atoms in total. The first-order valence-corrected chi connectivity index (χ1v) is 10.4. The standard InChI is InChI=1S/C18H33N5S.HI/c1-3-5-6-7-11-20-17(19-4-2)21-12-10-16-15-24-18(22-16)23-13-8-9-14-23;/h15H,3-14H2,1-2H3,(H2,19,20,21);1H. The van der Waals surface area contributed by atoms with Crippen LogP contribution in [0.4, 0.5) is 5.13 Å². The zero-order valence-corrected chi connectivity index (χ0v) is 18.9. The molecule has 1 aromatic heterocycles. The van der Waals surface area contributed by atoms with Gasteiger partial charge in [0, 0.05) is 44.5 Å². The Morgan fingerprint density at radius 3 is 2.72 bits per heavy atom. The summed E-state index contributed by atoms with van der Waals surface area (Å²) in [5.74, 6) is 0.934. The minimum atomic E-state index is 0. The molecular weight excluding hydrogens is 445 g/mol. The molecule has 25 heavy (non-hydrogen) atoms. The second-order valence-corrected chi connectivity index (χ2v) is 7.15. The summed E-state index contributed by atoms with van der Waals surface area (Å²) in [5.41, 5.74) is 1.19. The maximum Gasteiger partial charge on any atom is 0.191 e. The number of nitrogens with one attached hydrogen (secondary N) is 2. The van der Waals surface area contributed by atoms with Gasteiger partial charge in [-0.1, -0.05) is 26.2 Å². The van der Waals surface area contributed by atoms with Gasteiger partial charge in [-0.3, -0.25) is 4.99 Å². The summed E-state index contributed by atoms with van der Waals surface area (Å²) in [6, 6.07) is 0. The SMILES string of the molecule is CCCCCCN=C(NCC)NCCc1csc(N2CCCC2)n1.I. The largest absolute Gasteiger partial charge is 0.357 e. The Kier molecular flexibility index (Phi) is 12.2. The quantitative estimate of drug-likeness (QED) is 0.230. The molecule has 1 aliphatic heterocycles. The number of hydrogen-bond acceptors (Lipinski definition) is 4. The van der Waals surface area contributed by atoms with Crippen molar-refractivity contribution >= 4 is 46.4 Å². The predicted octanol–water partition coefficient (Wildman–Crippen LogP) is 4.04. The molecule has 0 aromatic carbocycles. The van der Waals surface area contributed by atoms with Gasteiger partial charge in [0.25, 0.3) is 0 Å². The lowest BCUT2D eigenvalue weighted by atomic mass is 10.2. The van der Waals surface area contributed by atoms with Crippen molar-refractivity contribution in [2.75, 3.05) is 37.6 Å². The summed E-state index contributed by atoms with van der Waals surface area (Å²) >= 11 is 1.78. The molecule has 7 heteroatoms. The Balaban J connectivity index is 0.00000312. The second kappa shape index (κ2) is 13.6. The van der Waals surface area contributed by atoms with E-state index in [4.69, 9.17) is 4.98 Å². The third kappa shape index (κ3) is 8.57. The highest BCUT2D eigenvalue weighted by atomic mass is 127. The van der Waals surface area contributed by atoms with E-state index >= 15 is 0 Å². The fourth-order valence-electron chi connectivity index (χ4n) is 2.84. The minimum absolute atomic E-state index is 0. The first kappa shape index (κ1) is 22.5. The van der Waals surface area contributed by atoms with Crippen molar-refractivity contribution in [3.8, 4) is 0 Å². The first-order valence-electron chi connectivity index (χ1n) is 9.55. The monoisotopic (exact) mass is 479 g/mol. The topological polar surface area (TPSA) is 52.6 Å². The van der Waals surface area contributed by atoms with E-state index in [1.807, 2.05) is 0 Å². The van der Waals surface area contributed by atoms with E-state index < -0.39 is 0 Å². The van der Waals surface area contributed by atoms with Crippen LogP contribution in [0.5, 0.6) is 0 Å². The van der Waals surface area contributed by atoms with Gasteiger partial charge >= 0.3 is 0 Å². The fraction of sp³-hybridized carbons (Fsp3) is 0.778. The number of halogens is 1. The molecule has 0 atom stereocenters. The highest BCUT2D eigenvalue weighted by Gasteiger charge is 2.15. The minimum Gasteiger partial charge on any atom is -0.357 e. The third-order valence-electron chi connectivity index (χ3n) is 4.22. The first-order chi connectivity index (χ1) is 11.8. The van der Waals surface area contributed by atoms with Crippen LogP contribution in [0.1, 0.15) is 58.1 Å². The van der Waals surface area contributed by atoms with E-state index in [0.717, 1.165) is 32.0 Å². The van der Waals surface area contributed by atoms with Gasteiger partial charge in [0.2, 0.25) is 0 Å². The van der Waals surface area contributed by atoms with Crippen LogP contribution in [0.3, 0.4) is 0 Å². The molecule has 0 spiro atoms. The fourth-order valence-corrected chi connectivity index (χ4v) is 3.76. The Labute approximate surface area is 174 Å². The normalized spacial score (nSPS) is 14.5. The van der Waals surface area contributed by atoms with Gasteiger partial charge in [-0.25, -0.2) is 4.98 Å². The van der Waals surface area contributed by atoms with Crippen LogP contribution in [0.25, 0.3) is 0 Å². The van der Waals surface area contributed by atoms with Gasteiger partial charge in [0.15, 0.2) is 11.1 Å². The van der Waals surface area contributed by atoms with Gasteiger partial charge in [-0.2, -0.15) is 0 Å². The van der Waals surface area contributed by atoms with Gasteiger partial charge in [-0.15, -0.1) is 35.3 Å². The van der Waals surface area contributed by atoms with Crippen LogP contribution in [0, 0.1) is 0 Å². The molecule has 1 aliphatic rings. The summed E-state index contributed by atoms with van der Waals surface area (Å²) in [4.78, 5) is 11.8. The third-order valence-corrected chi connectivity index (χ3v) is 5.17. The average molecular weight is 479 g/mol. The second-order valence-electron chi connectivity index (χ2n) is 6.31. The maximum atomic E-state index is 4.78. The molecule has 2 rings (SSSR count). The predicted molar refractivity (Wildman–Crippen MR) is 121 cm³/mol. The van der Waals surface area contributed by atoms with E-state index in [1.165, 1.54) is 62.4 Å². The van der Waals surface area contributed by atoms with E-state index in [0.29, 0.717) is 0 Å². The van der Waals surface area contributed by atoms with Crippen molar-refractivity contribution in [3.63, 3.8) is 0 Å². The lowest BCUT2D eigenvalue weighted by molar-refractivity contribution is 0.670. The lowest BCUT2D eigenvalue weighted by Crippen LogP contribution is -2.38. The molecule has 0 radical (unpaired) electrons. The zero-order valence-electron chi connectivity index (χ0n) is 15.7. The lowest BCUT2D eigenvalue weighted by Gasteiger charge is -2.12. The van der Waals surface area contributed by atoms with Crippen molar-refractivity contribution in [1.29, 1.82) is 0 Å². The molecular formula is C18H34IN5S. The van der Waals surface area contributed by atoms with Crippen molar-refractivity contribution in [2.45, 2.75) is 58.8 Å².